The normalized spacial score (nSPS) is 11.2. The number of H-pyrrole nitrogens is 1. The van der Waals surface area contributed by atoms with Gasteiger partial charge in [-0.15, -0.1) is 0 Å². The minimum Gasteiger partial charge on any atom is -0.457 e. The quantitative estimate of drug-likeness (QED) is 0.792. The lowest BCUT2D eigenvalue weighted by atomic mass is 10.2. The van der Waals surface area contributed by atoms with E-state index in [-0.39, 0.29) is 0 Å². The summed E-state index contributed by atoms with van der Waals surface area (Å²) in [7, 11) is 4.12. The number of nitrogens with one attached hydrogen (secondary N) is 1. The van der Waals surface area contributed by atoms with Crippen molar-refractivity contribution in [2.75, 3.05) is 14.1 Å². The summed E-state index contributed by atoms with van der Waals surface area (Å²) >= 11 is 0. The molecule has 1 N–H and O–H groups in total. The highest BCUT2D eigenvalue weighted by Crippen LogP contribution is 2.30. The van der Waals surface area contributed by atoms with Gasteiger partial charge in [-0.25, -0.2) is 4.98 Å². The Balaban J connectivity index is 1.87. The standard InChI is InChI=1S/C17H19N3O/c1-12-10-19-17-16(12)15(8-9-18-17)21-14-6-4-13(5-7-14)11-20(2)3/h4-10H,11H2,1-3H3,(H,18,19). The third-order valence-corrected chi connectivity index (χ3v) is 3.38. The highest BCUT2D eigenvalue weighted by Gasteiger charge is 2.08. The number of aromatic nitrogens is 2. The topological polar surface area (TPSA) is 41.1 Å². The van der Waals surface area contributed by atoms with Gasteiger partial charge < -0.3 is 14.6 Å². The maximum atomic E-state index is 6.02. The molecule has 21 heavy (non-hydrogen) atoms. The van der Waals surface area contributed by atoms with Gasteiger partial charge in [0.1, 0.15) is 17.1 Å². The van der Waals surface area contributed by atoms with E-state index in [1.165, 1.54) is 5.56 Å². The number of aromatic amines is 1. The largest absolute Gasteiger partial charge is 0.457 e. The summed E-state index contributed by atoms with van der Waals surface area (Å²) < 4.78 is 6.02. The molecular weight excluding hydrogens is 262 g/mol. The molecule has 4 nitrogen and oxygen atoms in total. The molecule has 0 bridgehead atoms. The second kappa shape index (κ2) is 5.58. The zero-order valence-corrected chi connectivity index (χ0v) is 12.6. The van der Waals surface area contributed by atoms with E-state index in [4.69, 9.17) is 4.74 Å². The van der Waals surface area contributed by atoms with Crippen molar-refractivity contribution in [2.45, 2.75) is 13.5 Å². The van der Waals surface area contributed by atoms with Crippen molar-refractivity contribution in [1.82, 2.24) is 14.9 Å². The van der Waals surface area contributed by atoms with Gasteiger partial charge in [-0.1, -0.05) is 12.1 Å². The van der Waals surface area contributed by atoms with Crippen molar-refractivity contribution in [2.24, 2.45) is 0 Å². The monoisotopic (exact) mass is 281 g/mol. The van der Waals surface area contributed by atoms with Crippen LogP contribution in [0, 0.1) is 6.92 Å². The first-order valence-electron chi connectivity index (χ1n) is 6.97. The summed E-state index contributed by atoms with van der Waals surface area (Å²) in [6.07, 6.45) is 3.71. The Morgan fingerprint density at radius 1 is 1.14 bits per heavy atom. The molecule has 0 saturated carbocycles. The van der Waals surface area contributed by atoms with Crippen LogP contribution < -0.4 is 4.74 Å². The maximum Gasteiger partial charge on any atom is 0.141 e. The Morgan fingerprint density at radius 3 is 2.62 bits per heavy atom. The van der Waals surface area contributed by atoms with Crippen molar-refractivity contribution < 1.29 is 4.74 Å². The van der Waals surface area contributed by atoms with E-state index in [0.717, 1.165) is 34.6 Å². The van der Waals surface area contributed by atoms with Gasteiger partial charge in [0.25, 0.3) is 0 Å². The zero-order valence-electron chi connectivity index (χ0n) is 12.6. The summed E-state index contributed by atoms with van der Waals surface area (Å²) in [6, 6.07) is 10.1. The predicted octanol–water partition coefficient (Wildman–Crippen LogP) is 3.73. The smallest absolute Gasteiger partial charge is 0.141 e. The van der Waals surface area contributed by atoms with Gasteiger partial charge in [0, 0.05) is 18.9 Å². The van der Waals surface area contributed by atoms with Gasteiger partial charge in [0.2, 0.25) is 0 Å². The van der Waals surface area contributed by atoms with Crippen LogP contribution in [0.2, 0.25) is 0 Å². The van der Waals surface area contributed by atoms with E-state index in [0.29, 0.717) is 0 Å². The van der Waals surface area contributed by atoms with Crippen molar-refractivity contribution in [3.8, 4) is 11.5 Å². The summed E-state index contributed by atoms with van der Waals surface area (Å²) in [5.74, 6) is 1.67. The number of hydrogen-bond acceptors (Lipinski definition) is 3. The van der Waals surface area contributed by atoms with Crippen LogP contribution in [0.4, 0.5) is 0 Å². The van der Waals surface area contributed by atoms with Gasteiger partial charge in [-0.2, -0.15) is 0 Å². The number of nitrogens with zero attached hydrogens (tertiary/aromatic N) is 2. The Bertz CT molecular complexity index is 744. The first-order chi connectivity index (χ1) is 10.1. The molecule has 2 aromatic heterocycles. The lowest BCUT2D eigenvalue weighted by Gasteiger charge is -2.11. The molecular formula is C17H19N3O. The number of pyridine rings is 1. The predicted molar refractivity (Wildman–Crippen MR) is 84.7 cm³/mol. The number of hydrogen-bond donors (Lipinski definition) is 1. The van der Waals surface area contributed by atoms with Crippen molar-refractivity contribution >= 4 is 11.0 Å². The van der Waals surface area contributed by atoms with Crippen molar-refractivity contribution in [3.63, 3.8) is 0 Å². The average molecular weight is 281 g/mol. The van der Waals surface area contributed by atoms with Crippen LogP contribution in [0.3, 0.4) is 0 Å². The lowest BCUT2D eigenvalue weighted by Crippen LogP contribution is -2.10. The third kappa shape index (κ3) is 2.90. The van der Waals surface area contributed by atoms with Crippen LogP contribution in [0.5, 0.6) is 11.5 Å². The number of fused-ring (bicyclic) bond motifs is 1. The molecule has 3 rings (SSSR count). The Kier molecular flexibility index (Phi) is 3.62. The molecule has 2 heterocycles. The van der Waals surface area contributed by atoms with Crippen LogP contribution in [0.1, 0.15) is 11.1 Å². The fourth-order valence-electron chi connectivity index (χ4n) is 2.42. The molecule has 0 amide bonds. The first kappa shape index (κ1) is 13.6. The van der Waals surface area contributed by atoms with E-state index < -0.39 is 0 Å². The molecule has 0 saturated heterocycles. The minimum absolute atomic E-state index is 0.833. The summed E-state index contributed by atoms with van der Waals surface area (Å²) in [6.45, 7) is 2.98. The SMILES string of the molecule is Cc1c[nH]c2nccc(Oc3ccc(CN(C)C)cc3)c12. The van der Waals surface area contributed by atoms with Crippen LogP contribution in [-0.4, -0.2) is 29.0 Å². The van der Waals surface area contributed by atoms with Gasteiger partial charge >= 0.3 is 0 Å². The molecule has 0 unspecified atom stereocenters. The molecule has 0 radical (unpaired) electrons. The molecule has 3 aromatic rings. The number of aryl methyl sites for hydroxylation is 1. The summed E-state index contributed by atoms with van der Waals surface area (Å²) in [5.41, 5.74) is 3.26. The number of ether oxygens (including phenoxy) is 1. The number of rotatable bonds is 4. The molecule has 1 aromatic carbocycles. The van der Waals surface area contributed by atoms with Gasteiger partial charge in [0.05, 0.1) is 5.39 Å². The van der Waals surface area contributed by atoms with Crippen LogP contribution in [0.15, 0.2) is 42.7 Å². The Labute approximate surface area is 124 Å². The molecule has 0 fully saturated rings. The summed E-state index contributed by atoms with van der Waals surface area (Å²) in [4.78, 5) is 9.60. The van der Waals surface area contributed by atoms with Crippen molar-refractivity contribution in [1.29, 1.82) is 0 Å². The maximum absolute atomic E-state index is 6.02. The first-order valence-corrected chi connectivity index (χ1v) is 6.97. The molecule has 4 heteroatoms. The molecule has 0 spiro atoms. The molecule has 0 aliphatic heterocycles. The molecule has 0 aliphatic rings. The van der Waals surface area contributed by atoms with Gasteiger partial charge in [-0.05, 0) is 50.3 Å². The fourth-order valence-corrected chi connectivity index (χ4v) is 2.42. The molecule has 0 aliphatic carbocycles. The lowest BCUT2D eigenvalue weighted by molar-refractivity contribution is 0.402. The van der Waals surface area contributed by atoms with Crippen molar-refractivity contribution in [3.05, 3.63) is 53.9 Å². The number of benzene rings is 1. The Morgan fingerprint density at radius 2 is 1.90 bits per heavy atom. The highest BCUT2D eigenvalue weighted by molar-refractivity contribution is 5.86. The van der Waals surface area contributed by atoms with Gasteiger partial charge in [-0.3, -0.25) is 0 Å². The Hall–Kier alpha value is -2.33. The second-order valence-corrected chi connectivity index (χ2v) is 5.49. The average Bonchev–Trinajstić information content (AvgIpc) is 2.83. The van der Waals surface area contributed by atoms with Gasteiger partial charge in [0.15, 0.2) is 0 Å². The fraction of sp³-hybridized carbons (Fsp3) is 0.235. The minimum atomic E-state index is 0.833. The van der Waals surface area contributed by atoms with Crippen LogP contribution in [0.25, 0.3) is 11.0 Å². The second-order valence-electron chi connectivity index (χ2n) is 5.49. The van der Waals surface area contributed by atoms with E-state index in [2.05, 4.69) is 41.1 Å². The highest BCUT2D eigenvalue weighted by atomic mass is 16.5. The van der Waals surface area contributed by atoms with E-state index in [1.807, 2.05) is 31.3 Å². The zero-order chi connectivity index (χ0) is 14.8. The molecule has 108 valence electrons. The van der Waals surface area contributed by atoms with E-state index >= 15 is 0 Å². The van der Waals surface area contributed by atoms with Crippen LogP contribution >= 0.6 is 0 Å². The van der Waals surface area contributed by atoms with E-state index in [1.54, 1.807) is 6.20 Å². The third-order valence-electron chi connectivity index (χ3n) is 3.38. The van der Waals surface area contributed by atoms with E-state index in [9.17, 15) is 0 Å². The van der Waals surface area contributed by atoms with Crippen LogP contribution in [-0.2, 0) is 6.54 Å². The molecule has 0 atom stereocenters. The summed E-state index contributed by atoms with van der Waals surface area (Å²) in [5, 5.41) is 1.04.